The van der Waals surface area contributed by atoms with Crippen LogP contribution in [0.1, 0.15) is 34.0 Å². The second-order valence-corrected chi connectivity index (χ2v) is 7.94. The van der Waals surface area contributed by atoms with Crippen LogP contribution in [0.2, 0.25) is 0 Å². The maximum Gasteiger partial charge on any atom is 0.289 e. The maximum absolute atomic E-state index is 13.1. The van der Waals surface area contributed by atoms with Crippen molar-refractivity contribution in [3.05, 3.63) is 76.1 Å². The predicted molar refractivity (Wildman–Crippen MR) is 107 cm³/mol. The molecule has 1 aliphatic heterocycles. The molecule has 0 aliphatic carbocycles. The molecular weight excluding hydrogens is 393 g/mol. The van der Waals surface area contributed by atoms with E-state index in [1.165, 1.54) is 12.1 Å². The lowest BCUT2D eigenvalue weighted by Crippen LogP contribution is -2.36. The van der Waals surface area contributed by atoms with Gasteiger partial charge in [-0.2, -0.15) is 0 Å². The highest BCUT2D eigenvalue weighted by Crippen LogP contribution is 2.21. The van der Waals surface area contributed by atoms with Gasteiger partial charge in [-0.05, 0) is 60.7 Å². The molecule has 0 N–H and O–H groups in total. The second kappa shape index (κ2) is 9.24. The van der Waals surface area contributed by atoms with Crippen LogP contribution in [-0.4, -0.2) is 30.1 Å². The van der Waals surface area contributed by atoms with E-state index in [9.17, 15) is 9.18 Å². The molecule has 152 valence electrons. The molecule has 29 heavy (non-hydrogen) atoms. The van der Waals surface area contributed by atoms with Crippen LogP contribution in [0.4, 0.5) is 4.39 Å². The predicted octanol–water partition coefficient (Wildman–Crippen LogP) is 4.88. The van der Waals surface area contributed by atoms with Crippen molar-refractivity contribution in [3.8, 4) is 5.75 Å². The van der Waals surface area contributed by atoms with Crippen LogP contribution in [0.25, 0.3) is 0 Å². The third kappa shape index (κ3) is 5.25. The molecule has 0 saturated carbocycles. The monoisotopic (exact) mass is 415 g/mol. The van der Waals surface area contributed by atoms with Crippen LogP contribution in [0.15, 0.2) is 58.3 Å². The van der Waals surface area contributed by atoms with E-state index in [-0.39, 0.29) is 30.2 Å². The van der Waals surface area contributed by atoms with Crippen molar-refractivity contribution >= 4 is 17.2 Å². The number of benzene rings is 1. The van der Waals surface area contributed by atoms with Gasteiger partial charge in [0.05, 0.1) is 12.6 Å². The molecule has 5 nitrogen and oxygen atoms in total. The van der Waals surface area contributed by atoms with E-state index >= 15 is 0 Å². The standard InChI is InChI=1S/C22H22FNO4S/c23-16-5-7-17(8-6-16)27-15-19-9-10-21(28-19)22(25)24(13-18-3-1-11-26-18)14-20-4-2-12-29-20/h2,4-10,12,18H,1,3,11,13-15H2. The van der Waals surface area contributed by atoms with Crippen molar-refractivity contribution in [1.29, 1.82) is 0 Å². The van der Waals surface area contributed by atoms with Gasteiger partial charge < -0.3 is 18.8 Å². The number of halogens is 1. The number of amides is 1. The number of furan rings is 1. The summed E-state index contributed by atoms with van der Waals surface area (Å²) in [4.78, 5) is 16.0. The summed E-state index contributed by atoms with van der Waals surface area (Å²) < 4.78 is 30.0. The summed E-state index contributed by atoms with van der Waals surface area (Å²) in [6, 6.07) is 13.2. The van der Waals surface area contributed by atoms with Crippen molar-refractivity contribution in [2.75, 3.05) is 13.2 Å². The van der Waals surface area contributed by atoms with Crippen LogP contribution >= 0.6 is 11.3 Å². The van der Waals surface area contributed by atoms with Gasteiger partial charge >= 0.3 is 0 Å². The first-order chi connectivity index (χ1) is 14.2. The molecule has 7 heteroatoms. The van der Waals surface area contributed by atoms with Gasteiger partial charge in [-0.15, -0.1) is 11.3 Å². The molecule has 2 aromatic heterocycles. The Labute approximate surface area is 172 Å². The van der Waals surface area contributed by atoms with E-state index in [2.05, 4.69) is 0 Å². The molecule has 4 rings (SSSR count). The van der Waals surface area contributed by atoms with E-state index in [0.717, 1.165) is 24.3 Å². The van der Waals surface area contributed by atoms with E-state index < -0.39 is 0 Å². The number of rotatable bonds is 8. The Morgan fingerprint density at radius 1 is 1.21 bits per heavy atom. The first-order valence-corrected chi connectivity index (χ1v) is 10.5. The average Bonchev–Trinajstić information content (AvgIpc) is 3.49. The van der Waals surface area contributed by atoms with E-state index in [4.69, 9.17) is 13.9 Å². The number of carbonyl (C=O) groups is 1. The molecule has 1 amide bonds. The number of nitrogens with zero attached hydrogens (tertiary/aromatic N) is 1. The van der Waals surface area contributed by atoms with Crippen LogP contribution in [0.5, 0.6) is 5.75 Å². The van der Waals surface area contributed by atoms with Crippen LogP contribution in [0.3, 0.4) is 0 Å². The van der Waals surface area contributed by atoms with E-state index in [1.807, 2.05) is 17.5 Å². The molecule has 1 atom stereocenters. The van der Waals surface area contributed by atoms with E-state index in [1.54, 1.807) is 40.5 Å². The van der Waals surface area contributed by atoms with Gasteiger partial charge in [-0.3, -0.25) is 4.79 Å². The molecule has 0 spiro atoms. The van der Waals surface area contributed by atoms with Crippen molar-refractivity contribution in [2.45, 2.75) is 32.1 Å². The molecule has 1 saturated heterocycles. The van der Waals surface area contributed by atoms with Gasteiger partial charge in [0.2, 0.25) is 0 Å². The minimum Gasteiger partial charge on any atom is -0.486 e. The number of ether oxygens (including phenoxy) is 2. The Morgan fingerprint density at radius 2 is 2.07 bits per heavy atom. The summed E-state index contributed by atoms with van der Waals surface area (Å²) in [5.41, 5.74) is 0. The van der Waals surface area contributed by atoms with Gasteiger partial charge in [0.1, 0.15) is 23.9 Å². The molecule has 1 aliphatic rings. The lowest BCUT2D eigenvalue weighted by molar-refractivity contribution is 0.0483. The first kappa shape index (κ1) is 19.7. The Hall–Kier alpha value is -2.64. The van der Waals surface area contributed by atoms with Crippen molar-refractivity contribution in [1.82, 2.24) is 4.90 Å². The summed E-state index contributed by atoms with van der Waals surface area (Å²) >= 11 is 1.62. The highest BCUT2D eigenvalue weighted by molar-refractivity contribution is 7.09. The van der Waals surface area contributed by atoms with Gasteiger partial charge in [-0.25, -0.2) is 4.39 Å². The first-order valence-electron chi connectivity index (χ1n) is 9.58. The molecule has 3 heterocycles. The topological polar surface area (TPSA) is 51.9 Å². The lowest BCUT2D eigenvalue weighted by atomic mass is 10.2. The normalized spacial score (nSPS) is 16.1. The Morgan fingerprint density at radius 3 is 2.79 bits per heavy atom. The summed E-state index contributed by atoms with van der Waals surface area (Å²) in [6.07, 6.45) is 2.05. The molecule has 0 radical (unpaired) electrons. The zero-order valence-electron chi connectivity index (χ0n) is 15.9. The number of hydrogen-bond acceptors (Lipinski definition) is 5. The number of thiophene rings is 1. The van der Waals surface area contributed by atoms with Crippen molar-refractivity contribution < 1.29 is 23.1 Å². The molecular formula is C22H22FNO4S. The summed E-state index contributed by atoms with van der Waals surface area (Å²) in [7, 11) is 0. The Kier molecular flexibility index (Phi) is 6.27. The molecule has 1 aromatic carbocycles. The largest absolute Gasteiger partial charge is 0.486 e. The Balaban J connectivity index is 1.41. The van der Waals surface area contributed by atoms with Gasteiger partial charge in [0, 0.05) is 18.0 Å². The quantitative estimate of drug-likeness (QED) is 0.526. The molecule has 1 fully saturated rings. The molecule has 1 unspecified atom stereocenters. The average molecular weight is 415 g/mol. The van der Waals surface area contributed by atoms with Crippen LogP contribution in [0, 0.1) is 5.82 Å². The van der Waals surface area contributed by atoms with Crippen molar-refractivity contribution in [2.24, 2.45) is 0 Å². The van der Waals surface area contributed by atoms with E-state index in [0.29, 0.717) is 24.6 Å². The summed E-state index contributed by atoms with van der Waals surface area (Å²) in [6.45, 7) is 1.98. The minimum absolute atomic E-state index is 0.0650. The highest BCUT2D eigenvalue weighted by atomic mass is 32.1. The fraction of sp³-hybridized carbons (Fsp3) is 0.318. The third-order valence-corrected chi connectivity index (χ3v) is 5.59. The summed E-state index contributed by atoms with van der Waals surface area (Å²) in [5, 5.41) is 2.00. The van der Waals surface area contributed by atoms with Gasteiger partial charge in [0.15, 0.2) is 5.76 Å². The number of hydrogen-bond donors (Lipinski definition) is 0. The zero-order valence-corrected chi connectivity index (χ0v) is 16.7. The molecule has 3 aromatic rings. The minimum atomic E-state index is -0.319. The second-order valence-electron chi connectivity index (χ2n) is 6.91. The zero-order chi connectivity index (χ0) is 20.1. The Bertz CT molecular complexity index is 917. The van der Waals surface area contributed by atoms with Gasteiger partial charge in [0.25, 0.3) is 5.91 Å². The van der Waals surface area contributed by atoms with Crippen molar-refractivity contribution in [3.63, 3.8) is 0 Å². The van der Waals surface area contributed by atoms with Gasteiger partial charge in [-0.1, -0.05) is 6.07 Å². The third-order valence-electron chi connectivity index (χ3n) is 4.73. The maximum atomic E-state index is 13.1. The lowest BCUT2D eigenvalue weighted by Gasteiger charge is -2.24. The fourth-order valence-corrected chi connectivity index (χ4v) is 3.98. The molecule has 0 bridgehead atoms. The smallest absolute Gasteiger partial charge is 0.289 e. The highest BCUT2D eigenvalue weighted by Gasteiger charge is 2.25. The van der Waals surface area contributed by atoms with Crippen LogP contribution in [-0.2, 0) is 17.9 Å². The summed E-state index contributed by atoms with van der Waals surface area (Å²) in [5.74, 6) is 0.860. The SMILES string of the molecule is O=C(c1ccc(COc2ccc(F)cc2)o1)N(Cc1cccs1)CC1CCCO1. The fourth-order valence-electron chi connectivity index (χ4n) is 3.26. The van der Waals surface area contributed by atoms with Crippen LogP contribution < -0.4 is 4.74 Å². The number of carbonyl (C=O) groups excluding carboxylic acids is 1.